The van der Waals surface area contributed by atoms with Gasteiger partial charge in [0.2, 0.25) is 0 Å². The molecule has 0 fully saturated rings. The first-order chi connectivity index (χ1) is 8.81. The Hall–Kier alpha value is -1.67. The van der Waals surface area contributed by atoms with Crippen molar-refractivity contribution in [3.8, 4) is 0 Å². The highest BCUT2D eigenvalue weighted by molar-refractivity contribution is 5.33. The molecule has 0 aliphatic rings. The van der Waals surface area contributed by atoms with Crippen LogP contribution in [0.15, 0.2) is 54.6 Å². The molecule has 0 aromatic heterocycles. The first-order valence-electron chi connectivity index (χ1n) is 6.32. The predicted molar refractivity (Wildman–Crippen MR) is 73.2 cm³/mol. The van der Waals surface area contributed by atoms with Crippen LogP contribution in [0.4, 0.5) is 4.39 Å². The number of halogens is 1. The van der Waals surface area contributed by atoms with E-state index in [9.17, 15) is 4.39 Å². The first-order valence-corrected chi connectivity index (χ1v) is 6.32. The fraction of sp³-hybridized carbons (Fsp3) is 0.250. The molecule has 1 unspecified atom stereocenters. The quantitative estimate of drug-likeness (QED) is 0.846. The Morgan fingerprint density at radius 2 is 1.56 bits per heavy atom. The molecule has 2 aromatic carbocycles. The van der Waals surface area contributed by atoms with Gasteiger partial charge in [-0.2, -0.15) is 0 Å². The number of rotatable bonds is 5. The smallest absolute Gasteiger partial charge is 0.123 e. The van der Waals surface area contributed by atoms with Crippen molar-refractivity contribution >= 4 is 0 Å². The normalized spacial score (nSPS) is 12.3. The molecule has 0 heterocycles. The van der Waals surface area contributed by atoms with Crippen LogP contribution in [0.2, 0.25) is 0 Å². The van der Waals surface area contributed by atoms with Crippen LogP contribution < -0.4 is 5.32 Å². The number of nitrogens with one attached hydrogen (secondary N) is 1. The van der Waals surface area contributed by atoms with Gasteiger partial charge in [-0.05, 0) is 29.8 Å². The summed E-state index contributed by atoms with van der Waals surface area (Å²) in [4.78, 5) is 0. The first kappa shape index (κ1) is 12.8. The zero-order chi connectivity index (χ0) is 12.8. The van der Waals surface area contributed by atoms with Crippen molar-refractivity contribution in [3.63, 3.8) is 0 Å². The third-order valence-corrected chi connectivity index (χ3v) is 3.07. The van der Waals surface area contributed by atoms with Gasteiger partial charge in [-0.1, -0.05) is 49.4 Å². The monoisotopic (exact) mass is 243 g/mol. The molecule has 0 saturated heterocycles. The molecule has 0 radical (unpaired) electrons. The Kier molecular flexibility index (Phi) is 4.48. The highest BCUT2D eigenvalue weighted by Crippen LogP contribution is 2.24. The van der Waals surface area contributed by atoms with Crippen LogP contribution in [-0.4, -0.2) is 13.1 Å². The molecule has 0 aliphatic carbocycles. The standard InChI is InChI=1S/C16H18FN/c1-2-18-12-16(13-6-4-3-5-7-13)14-8-10-15(17)11-9-14/h3-11,16,18H,2,12H2,1H3. The summed E-state index contributed by atoms with van der Waals surface area (Å²) >= 11 is 0. The summed E-state index contributed by atoms with van der Waals surface area (Å²) < 4.78 is 13.0. The maximum atomic E-state index is 13.0. The van der Waals surface area contributed by atoms with Crippen molar-refractivity contribution in [3.05, 3.63) is 71.5 Å². The Labute approximate surface area is 108 Å². The summed E-state index contributed by atoms with van der Waals surface area (Å²) in [5.41, 5.74) is 2.40. The van der Waals surface area contributed by atoms with Gasteiger partial charge in [0.25, 0.3) is 0 Å². The van der Waals surface area contributed by atoms with E-state index in [1.807, 2.05) is 30.3 Å². The van der Waals surface area contributed by atoms with Gasteiger partial charge in [-0.15, -0.1) is 0 Å². The molecule has 0 aliphatic heterocycles. The lowest BCUT2D eigenvalue weighted by Crippen LogP contribution is -2.22. The highest BCUT2D eigenvalue weighted by atomic mass is 19.1. The topological polar surface area (TPSA) is 12.0 Å². The lowest BCUT2D eigenvalue weighted by Gasteiger charge is -2.18. The zero-order valence-electron chi connectivity index (χ0n) is 10.6. The fourth-order valence-corrected chi connectivity index (χ4v) is 2.10. The van der Waals surface area contributed by atoms with Crippen molar-refractivity contribution in [1.29, 1.82) is 0 Å². The lowest BCUT2D eigenvalue weighted by atomic mass is 9.91. The van der Waals surface area contributed by atoms with E-state index >= 15 is 0 Å². The summed E-state index contributed by atoms with van der Waals surface area (Å²) in [6.07, 6.45) is 0. The van der Waals surface area contributed by atoms with Crippen molar-refractivity contribution in [2.75, 3.05) is 13.1 Å². The lowest BCUT2D eigenvalue weighted by molar-refractivity contribution is 0.622. The number of benzene rings is 2. The van der Waals surface area contributed by atoms with Crippen molar-refractivity contribution in [1.82, 2.24) is 5.32 Å². The molecule has 0 bridgehead atoms. The second-order valence-corrected chi connectivity index (χ2v) is 4.32. The molecule has 2 heteroatoms. The molecule has 1 N–H and O–H groups in total. The Balaban J connectivity index is 2.27. The maximum absolute atomic E-state index is 13.0. The van der Waals surface area contributed by atoms with Crippen molar-refractivity contribution in [2.24, 2.45) is 0 Å². The van der Waals surface area contributed by atoms with E-state index in [2.05, 4.69) is 24.4 Å². The average molecular weight is 243 g/mol. The molecule has 94 valence electrons. The van der Waals surface area contributed by atoms with E-state index in [0.29, 0.717) is 0 Å². The molecule has 0 amide bonds. The minimum Gasteiger partial charge on any atom is -0.316 e. The number of likely N-dealkylation sites (N-methyl/N-ethyl adjacent to an activating group) is 1. The molecular formula is C16H18FN. The third-order valence-electron chi connectivity index (χ3n) is 3.07. The summed E-state index contributed by atoms with van der Waals surface area (Å²) in [5, 5.41) is 3.37. The molecule has 0 saturated carbocycles. The van der Waals surface area contributed by atoms with Crippen LogP contribution >= 0.6 is 0 Å². The van der Waals surface area contributed by atoms with Gasteiger partial charge in [0.05, 0.1) is 0 Å². The van der Waals surface area contributed by atoms with E-state index < -0.39 is 0 Å². The average Bonchev–Trinajstić information content (AvgIpc) is 2.42. The minimum absolute atomic E-state index is 0.186. The summed E-state index contributed by atoms with van der Waals surface area (Å²) in [6, 6.07) is 17.1. The predicted octanol–water partition coefficient (Wildman–Crippen LogP) is 3.57. The second kappa shape index (κ2) is 6.31. The van der Waals surface area contributed by atoms with Gasteiger partial charge < -0.3 is 5.32 Å². The number of hydrogen-bond donors (Lipinski definition) is 1. The van der Waals surface area contributed by atoms with Crippen molar-refractivity contribution < 1.29 is 4.39 Å². The van der Waals surface area contributed by atoms with Gasteiger partial charge in [0.15, 0.2) is 0 Å². The fourth-order valence-electron chi connectivity index (χ4n) is 2.10. The van der Waals surface area contributed by atoms with Gasteiger partial charge in [0, 0.05) is 12.5 Å². The molecule has 18 heavy (non-hydrogen) atoms. The molecule has 0 spiro atoms. The van der Waals surface area contributed by atoms with Gasteiger partial charge in [-0.25, -0.2) is 4.39 Å². The van der Waals surface area contributed by atoms with E-state index in [-0.39, 0.29) is 11.7 Å². The van der Waals surface area contributed by atoms with Crippen LogP contribution in [0.25, 0.3) is 0 Å². The molecule has 1 nitrogen and oxygen atoms in total. The third kappa shape index (κ3) is 3.17. The molecular weight excluding hydrogens is 225 g/mol. The van der Waals surface area contributed by atoms with Crippen LogP contribution in [0.5, 0.6) is 0 Å². The number of hydrogen-bond acceptors (Lipinski definition) is 1. The molecule has 1 atom stereocenters. The van der Waals surface area contributed by atoms with E-state index in [0.717, 1.165) is 18.7 Å². The van der Waals surface area contributed by atoms with Crippen LogP contribution in [-0.2, 0) is 0 Å². The van der Waals surface area contributed by atoms with Crippen molar-refractivity contribution in [2.45, 2.75) is 12.8 Å². The SMILES string of the molecule is CCNCC(c1ccccc1)c1ccc(F)cc1. The zero-order valence-corrected chi connectivity index (χ0v) is 10.6. The Morgan fingerprint density at radius 3 is 2.17 bits per heavy atom. The van der Waals surface area contributed by atoms with Crippen LogP contribution in [0, 0.1) is 5.82 Å². The Bertz CT molecular complexity index is 464. The van der Waals surface area contributed by atoms with Gasteiger partial charge in [-0.3, -0.25) is 0 Å². The molecule has 2 aromatic rings. The minimum atomic E-state index is -0.186. The Morgan fingerprint density at radius 1 is 0.944 bits per heavy atom. The largest absolute Gasteiger partial charge is 0.316 e. The van der Waals surface area contributed by atoms with E-state index in [4.69, 9.17) is 0 Å². The summed E-state index contributed by atoms with van der Waals surface area (Å²) in [5.74, 6) is 0.0840. The van der Waals surface area contributed by atoms with Gasteiger partial charge in [0.1, 0.15) is 5.82 Å². The van der Waals surface area contributed by atoms with E-state index in [1.54, 1.807) is 0 Å². The van der Waals surface area contributed by atoms with Crippen LogP contribution in [0.3, 0.4) is 0 Å². The molecule has 2 rings (SSSR count). The summed E-state index contributed by atoms with van der Waals surface area (Å²) in [7, 11) is 0. The maximum Gasteiger partial charge on any atom is 0.123 e. The van der Waals surface area contributed by atoms with Gasteiger partial charge >= 0.3 is 0 Å². The van der Waals surface area contributed by atoms with E-state index in [1.165, 1.54) is 17.7 Å². The highest BCUT2D eigenvalue weighted by Gasteiger charge is 2.13. The summed E-state index contributed by atoms with van der Waals surface area (Å²) in [6.45, 7) is 3.89. The second-order valence-electron chi connectivity index (χ2n) is 4.32. The van der Waals surface area contributed by atoms with Crippen LogP contribution in [0.1, 0.15) is 24.0 Å².